The van der Waals surface area contributed by atoms with Gasteiger partial charge in [0.2, 0.25) is 0 Å². The van der Waals surface area contributed by atoms with E-state index in [1.54, 1.807) is 11.3 Å². The first-order valence-electron chi connectivity index (χ1n) is 6.90. The molecule has 1 aromatic heterocycles. The minimum Gasteiger partial charge on any atom is -0.307 e. The second-order valence-electron chi connectivity index (χ2n) is 5.55. The molecule has 0 aliphatic rings. The summed E-state index contributed by atoms with van der Waals surface area (Å²) in [5.74, 6) is 0. The van der Waals surface area contributed by atoms with Gasteiger partial charge in [-0.3, -0.25) is 0 Å². The van der Waals surface area contributed by atoms with Crippen LogP contribution in [-0.2, 0) is 6.42 Å². The molecule has 2 rings (SSSR count). The third-order valence-corrected chi connectivity index (χ3v) is 4.13. The van der Waals surface area contributed by atoms with Crippen molar-refractivity contribution in [2.45, 2.75) is 46.2 Å². The Morgan fingerprint density at radius 3 is 2.37 bits per heavy atom. The molecule has 0 aliphatic carbocycles. The Bertz CT molecular complexity index is 496. The van der Waals surface area contributed by atoms with Crippen molar-refractivity contribution in [2.75, 3.05) is 0 Å². The van der Waals surface area contributed by atoms with Gasteiger partial charge >= 0.3 is 0 Å². The standard InChI is InChI=1S/C17H23NS/c1-12-7-13(2)9-17(8-12)15(4)18-14(3)10-16-5-6-19-11-16/h5-9,11,14-15,18H,10H2,1-4H3. The molecule has 0 radical (unpaired) electrons. The van der Waals surface area contributed by atoms with Crippen LogP contribution >= 0.6 is 11.3 Å². The van der Waals surface area contributed by atoms with Gasteiger partial charge in [-0.25, -0.2) is 0 Å². The Labute approximate surface area is 120 Å². The van der Waals surface area contributed by atoms with Gasteiger partial charge in [-0.2, -0.15) is 11.3 Å². The smallest absolute Gasteiger partial charge is 0.0294 e. The van der Waals surface area contributed by atoms with Crippen LogP contribution in [0.5, 0.6) is 0 Å². The average Bonchev–Trinajstić information content (AvgIpc) is 2.80. The maximum absolute atomic E-state index is 3.69. The highest BCUT2D eigenvalue weighted by Gasteiger charge is 2.11. The normalized spacial score (nSPS) is 14.3. The summed E-state index contributed by atoms with van der Waals surface area (Å²) in [6.07, 6.45) is 1.10. The predicted octanol–water partition coefficient (Wildman–Crippen LogP) is 4.65. The first-order valence-corrected chi connectivity index (χ1v) is 7.84. The Morgan fingerprint density at radius 1 is 1.11 bits per heavy atom. The highest BCUT2D eigenvalue weighted by atomic mass is 32.1. The first-order chi connectivity index (χ1) is 9.04. The van der Waals surface area contributed by atoms with Gasteiger partial charge in [0, 0.05) is 12.1 Å². The lowest BCUT2D eigenvalue weighted by Gasteiger charge is -2.21. The highest BCUT2D eigenvalue weighted by Crippen LogP contribution is 2.18. The number of benzene rings is 1. The second-order valence-corrected chi connectivity index (χ2v) is 6.33. The number of hydrogen-bond donors (Lipinski definition) is 1. The SMILES string of the molecule is Cc1cc(C)cc(C(C)NC(C)Cc2ccsc2)c1. The average molecular weight is 273 g/mol. The van der Waals surface area contributed by atoms with Crippen molar-refractivity contribution < 1.29 is 0 Å². The zero-order chi connectivity index (χ0) is 13.8. The van der Waals surface area contributed by atoms with Crippen molar-refractivity contribution in [3.05, 3.63) is 57.3 Å². The largest absolute Gasteiger partial charge is 0.307 e. The maximum Gasteiger partial charge on any atom is 0.0294 e. The summed E-state index contributed by atoms with van der Waals surface area (Å²) in [5.41, 5.74) is 5.50. The zero-order valence-electron chi connectivity index (χ0n) is 12.2. The Kier molecular flexibility index (Phi) is 4.78. The fraction of sp³-hybridized carbons (Fsp3) is 0.412. The van der Waals surface area contributed by atoms with Crippen LogP contribution in [0.4, 0.5) is 0 Å². The molecule has 0 saturated carbocycles. The molecule has 2 aromatic rings. The molecule has 2 heteroatoms. The molecule has 0 fully saturated rings. The summed E-state index contributed by atoms with van der Waals surface area (Å²) in [6, 6.07) is 9.89. The van der Waals surface area contributed by atoms with E-state index in [1.165, 1.54) is 22.3 Å². The van der Waals surface area contributed by atoms with Crippen molar-refractivity contribution in [1.29, 1.82) is 0 Å². The van der Waals surface area contributed by atoms with E-state index in [2.05, 4.69) is 68.0 Å². The van der Waals surface area contributed by atoms with Gasteiger partial charge in [0.1, 0.15) is 0 Å². The Morgan fingerprint density at radius 2 is 1.79 bits per heavy atom. The molecule has 1 heterocycles. The summed E-state index contributed by atoms with van der Waals surface area (Å²) in [6.45, 7) is 8.84. The van der Waals surface area contributed by atoms with Crippen molar-refractivity contribution in [3.8, 4) is 0 Å². The molecule has 2 unspecified atom stereocenters. The molecule has 0 bridgehead atoms. The van der Waals surface area contributed by atoms with Gasteiger partial charge in [0.25, 0.3) is 0 Å². The van der Waals surface area contributed by atoms with E-state index in [0.717, 1.165) is 6.42 Å². The fourth-order valence-electron chi connectivity index (χ4n) is 2.60. The molecule has 0 spiro atoms. The lowest BCUT2D eigenvalue weighted by molar-refractivity contribution is 0.477. The summed E-state index contributed by atoms with van der Waals surface area (Å²) in [4.78, 5) is 0. The summed E-state index contributed by atoms with van der Waals surface area (Å²) >= 11 is 1.77. The van der Waals surface area contributed by atoms with E-state index < -0.39 is 0 Å². The number of nitrogens with one attached hydrogen (secondary N) is 1. The van der Waals surface area contributed by atoms with Crippen LogP contribution in [0.15, 0.2) is 35.0 Å². The van der Waals surface area contributed by atoms with Crippen LogP contribution in [0.2, 0.25) is 0 Å². The van der Waals surface area contributed by atoms with Crippen molar-refractivity contribution >= 4 is 11.3 Å². The minimum atomic E-state index is 0.396. The van der Waals surface area contributed by atoms with Crippen LogP contribution in [0.25, 0.3) is 0 Å². The minimum absolute atomic E-state index is 0.396. The summed E-state index contributed by atoms with van der Waals surface area (Å²) in [5, 5.41) is 8.08. The Balaban J connectivity index is 1.98. The topological polar surface area (TPSA) is 12.0 Å². The molecule has 1 nitrogen and oxygen atoms in total. The predicted molar refractivity (Wildman–Crippen MR) is 85.0 cm³/mol. The molecule has 1 N–H and O–H groups in total. The van der Waals surface area contributed by atoms with Gasteiger partial charge < -0.3 is 5.32 Å². The monoisotopic (exact) mass is 273 g/mol. The van der Waals surface area contributed by atoms with Crippen molar-refractivity contribution in [2.24, 2.45) is 0 Å². The third-order valence-electron chi connectivity index (χ3n) is 3.40. The maximum atomic E-state index is 3.69. The van der Waals surface area contributed by atoms with E-state index >= 15 is 0 Å². The van der Waals surface area contributed by atoms with E-state index in [9.17, 15) is 0 Å². The molecule has 2 atom stereocenters. The number of aryl methyl sites for hydroxylation is 2. The number of rotatable bonds is 5. The number of thiophene rings is 1. The summed E-state index contributed by atoms with van der Waals surface area (Å²) < 4.78 is 0. The van der Waals surface area contributed by atoms with E-state index in [4.69, 9.17) is 0 Å². The zero-order valence-corrected chi connectivity index (χ0v) is 13.1. The van der Waals surface area contributed by atoms with Gasteiger partial charge in [-0.1, -0.05) is 29.3 Å². The highest BCUT2D eigenvalue weighted by molar-refractivity contribution is 7.07. The molecular formula is C17H23NS. The fourth-order valence-corrected chi connectivity index (χ4v) is 3.29. The molecule has 0 amide bonds. The Hall–Kier alpha value is -1.12. The van der Waals surface area contributed by atoms with Crippen molar-refractivity contribution in [1.82, 2.24) is 5.32 Å². The third kappa shape index (κ3) is 4.19. The van der Waals surface area contributed by atoms with E-state index in [0.29, 0.717) is 12.1 Å². The second kappa shape index (κ2) is 6.36. The summed E-state index contributed by atoms with van der Waals surface area (Å²) in [7, 11) is 0. The lowest BCUT2D eigenvalue weighted by atomic mass is 10.0. The van der Waals surface area contributed by atoms with Crippen LogP contribution in [0.3, 0.4) is 0 Å². The van der Waals surface area contributed by atoms with E-state index in [1.807, 2.05) is 0 Å². The number of hydrogen-bond acceptors (Lipinski definition) is 2. The lowest BCUT2D eigenvalue weighted by Crippen LogP contribution is -2.30. The van der Waals surface area contributed by atoms with Crippen LogP contribution in [-0.4, -0.2) is 6.04 Å². The molecule has 102 valence electrons. The first kappa shape index (κ1) is 14.3. The van der Waals surface area contributed by atoms with Crippen LogP contribution in [0, 0.1) is 13.8 Å². The van der Waals surface area contributed by atoms with Crippen molar-refractivity contribution in [3.63, 3.8) is 0 Å². The van der Waals surface area contributed by atoms with E-state index in [-0.39, 0.29) is 0 Å². The molecule has 19 heavy (non-hydrogen) atoms. The van der Waals surface area contributed by atoms with Gasteiger partial charge in [0.15, 0.2) is 0 Å². The molecule has 0 aliphatic heterocycles. The molecule has 0 saturated heterocycles. The van der Waals surface area contributed by atoms with Crippen LogP contribution < -0.4 is 5.32 Å². The molecular weight excluding hydrogens is 250 g/mol. The van der Waals surface area contributed by atoms with Crippen LogP contribution in [0.1, 0.15) is 42.1 Å². The van der Waals surface area contributed by atoms with Gasteiger partial charge in [0.05, 0.1) is 0 Å². The molecule has 1 aromatic carbocycles. The van der Waals surface area contributed by atoms with Gasteiger partial charge in [-0.05, 0) is 62.1 Å². The van der Waals surface area contributed by atoms with Gasteiger partial charge in [-0.15, -0.1) is 0 Å². The quantitative estimate of drug-likeness (QED) is 0.836.